The Hall–Kier alpha value is -3.71. The molecule has 12 heteroatoms. The SMILES string of the molecule is C[C@H]1[C@H](OC[C@H](NC(=O)c2ccc3ncnc(Nc4ccc(F)c(Cl)c4)c3c2)c2ccccc2)O[C@@H]2O[C@@]3(C)CC[C@H]4[C@H](C)CC[C@@H]1[C@@]24OO3. The van der Waals surface area contributed by atoms with E-state index >= 15 is 0 Å². The quantitative estimate of drug-likeness (QED) is 0.177. The third kappa shape index (κ3) is 5.93. The topological polar surface area (TPSA) is 113 Å². The fourth-order valence-corrected chi connectivity index (χ4v) is 8.59. The molecule has 0 unspecified atom stereocenters. The fourth-order valence-electron chi connectivity index (χ4n) is 8.41. The molecule has 1 spiro atoms. The van der Waals surface area contributed by atoms with Gasteiger partial charge in [-0.3, -0.25) is 4.79 Å². The van der Waals surface area contributed by atoms with Crippen molar-refractivity contribution in [1.29, 1.82) is 0 Å². The standard InChI is InChI=1S/C38H40ClFN4O6/c1-21-9-12-28-22(2)35(47-36-38(28)27(21)15-16-37(3,48-36)49-50-38)46-19-32(23-7-5-4-6-8-23)44-34(45)24-10-14-31-26(17-24)33(42-20-41-31)43-25-11-13-30(40)29(39)18-25/h4-8,10-11,13-14,17-18,20-22,27-28,32,35-36H,9,12,15-16,19H2,1-3H3,(H,44,45)(H,41,42,43)/t21-,22-,27+,28+,32+,35-,36-,37-,38-/m1/s1. The van der Waals surface area contributed by atoms with Crippen molar-refractivity contribution in [3.63, 3.8) is 0 Å². The first-order valence-electron chi connectivity index (χ1n) is 17.3. The Morgan fingerprint density at radius 2 is 1.88 bits per heavy atom. The molecule has 0 radical (unpaired) electrons. The van der Waals surface area contributed by atoms with E-state index in [1.807, 2.05) is 37.3 Å². The van der Waals surface area contributed by atoms with E-state index < -0.39 is 35.8 Å². The van der Waals surface area contributed by atoms with E-state index in [2.05, 4.69) is 34.4 Å². The third-order valence-electron chi connectivity index (χ3n) is 11.1. The zero-order valence-corrected chi connectivity index (χ0v) is 28.9. The molecule has 50 heavy (non-hydrogen) atoms. The van der Waals surface area contributed by atoms with Crippen molar-refractivity contribution in [2.75, 3.05) is 11.9 Å². The van der Waals surface area contributed by atoms with Crippen LogP contribution in [0.25, 0.3) is 10.9 Å². The van der Waals surface area contributed by atoms with Crippen LogP contribution in [0.15, 0.2) is 73.1 Å². The van der Waals surface area contributed by atoms with E-state index in [-0.39, 0.29) is 35.3 Å². The van der Waals surface area contributed by atoms with Crippen LogP contribution < -0.4 is 10.6 Å². The molecule has 10 nitrogen and oxygen atoms in total. The van der Waals surface area contributed by atoms with Crippen molar-refractivity contribution in [1.82, 2.24) is 15.3 Å². The van der Waals surface area contributed by atoms with Crippen LogP contribution in [0, 0.1) is 29.5 Å². The first-order valence-corrected chi connectivity index (χ1v) is 17.7. The predicted octanol–water partition coefficient (Wildman–Crippen LogP) is 7.86. The van der Waals surface area contributed by atoms with E-state index in [0.29, 0.717) is 33.9 Å². The summed E-state index contributed by atoms with van der Waals surface area (Å²) in [5.41, 5.74) is 1.80. The number of carbonyl (C=O) groups excluding carboxylic acids is 1. The van der Waals surface area contributed by atoms with E-state index in [9.17, 15) is 9.18 Å². The van der Waals surface area contributed by atoms with Crippen LogP contribution in [0.4, 0.5) is 15.9 Å². The van der Waals surface area contributed by atoms with Crippen LogP contribution in [0.1, 0.15) is 68.4 Å². The summed E-state index contributed by atoms with van der Waals surface area (Å²) in [6.45, 7) is 6.51. The number of aromatic nitrogens is 2. The molecule has 2 N–H and O–H groups in total. The Morgan fingerprint density at radius 3 is 2.70 bits per heavy atom. The summed E-state index contributed by atoms with van der Waals surface area (Å²) in [5.74, 6) is -0.418. The van der Waals surface area contributed by atoms with Crippen molar-refractivity contribution in [3.8, 4) is 0 Å². The zero-order chi connectivity index (χ0) is 34.6. The number of hydrogen-bond donors (Lipinski definition) is 2. The van der Waals surface area contributed by atoms with E-state index in [4.69, 9.17) is 35.6 Å². The molecule has 4 saturated heterocycles. The lowest BCUT2D eigenvalue weighted by Gasteiger charge is -2.60. The minimum atomic E-state index is -0.879. The highest BCUT2D eigenvalue weighted by Gasteiger charge is 2.69. The van der Waals surface area contributed by atoms with Gasteiger partial charge in [0.1, 0.15) is 18.0 Å². The number of rotatable bonds is 8. The van der Waals surface area contributed by atoms with E-state index in [0.717, 1.165) is 31.2 Å². The Morgan fingerprint density at radius 1 is 1.04 bits per heavy atom. The fraction of sp³-hybridized carbons (Fsp3) is 0.447. The monoisotopic (exact) mass is 702 g/mol. The minimum Gasteiger partial charge on any atom is -0.350 e. The molecular formula is C38H40ClFN4O6. The van der Waals surface area contributed by atoms with Crippen LogP contribution in [0.5, 0.6) is 0 Å². The maximum absolute atomic E-state index is 13.9. The van der Waals surface area contributed by atoms with Gasteiger partial charge < -0.3 is 24.8 Å². The van der Waals surface area contributed by atoms with Gasteiger partial charge in [0, 0.05) is 34.9 Å². The molecule has 4 aliphatic heterocycles. The number of fused-ring (bicyclic) bond motifs is 3. The second-order valence-corrected chi connectivity index (χ2v) is 14.7. The van der Waals surface area contributed by atoms with Crippen LogP contribution in [-0.2, 0) is 24.0 Å². The van der Waals surface area contributed by atoms with Gasteiger partial charge in [-0.1, -0.05) is 55.8 Å². The van der Waals surface area contributed by atoms with Gasteiger partial charge in [-0.25, -0.2) is 24.1 Å². The number of nitrogens with one attached hydrogen (secondary N) is 2. The van der Waals surface area contributed by atoms with Crippen molar-refractivity contribution >= 4 is 39.9 Å². The highest BCUT2D eigenvalue weighted by molar-refractivity contribution is 6.31. The number of anilines is 2. The summed E-state index contributed by atoms with van der Waals surface area (Å²) in [5, 5.41) is 6.95. The molecule has 9 atom stereocenters. The van der Waals surface area contributed by atoms with E-state index in [1.54, 1.807) is 24.3 Å². The Bertz CT molecular complexity index is 1900. The lowest BCUT2D eigenvalue weighted by molar-refractivity contribution is -0.577. The van der Waals surface area contributed by atoms with Crippen molar-refractivity contribution in [2.45, 2.75) is 76.5 Å². The molecule has 3 aromatic carbocycles. The smallest absolute Gasteiger partial charge is 0.251 e. The van der Waals surface area contributed by atoms with Gasteiger partial charge in [0.2, 0.25) is 5.79 Å². The molecular weight excluding hydrogens is 663 g/mol. The summed E-state index contributed by atoms with van der Waals surface area (Å²) >= 11 is 6.00. The van der Waals surface area contributed by atoms with Crippen LogP contribution >= 0.6 is 11.6 Å². The molecule has 2 bridgehead atoms. The molecule has 1 aliphatic carbocycles. The average molecular weight is 703 g/mol. The molecule has 5 aliphatic rings. The number of ether oxygens (including phenoxy) is 3. The highest BCUT2D eigenvalue weighted by Crippen LogP contribution is 2.60. The first-order chi connectivity index (χ1) is 24.1. The lowest BCUT2D eigenvalue weighted by Crippen LogP contribution is -2.70. The molecule has 9 rings (SSSR count). The van der Waals surface area contributed by atoms with Gasteiger partial charge >= 0.3 is 0 Å². The number of nitrogens with zero attached hydrogens (tertiary/aromatic N) is 2. The van der Waals surface area contributed by atoms with Gasteiger partial charge in [-0.05, 0) is 80.0 Å². The summed E-state index contributed by atoms with van der Waals surface area (Å²) in [4.78, 5) is 34.9. The number of halogens is 2. The summed E-state index contributed by atoms with van der Waals surface area (Å²) in [6.07, 6.45) is 3.96. The van der Waals surface area contributed by atoms with Crippen LogP contribution in [-0.4, -0.2) is 46.5 Å². The van der Waals surface area contributed by atoms with Gasteiger partial charge in [0.05, 0.1) is 23.2 Å². The molecule has 1 saturated carbocycles. The Labute approximate surface area is 294 Å². The van der Waals surface area contributed by atoms with Gasteiger partial charge in [0.15, 0.2) is 18.2 Å². The van der Waals surface area contributed by atoms with Gasteiger partial charge in [-0.15, -0.1) is 0 Å². The van der Waals surface area contributed by atoms with Gasteiger partial charge in [0.25, 0.3) is 5.91 Å². The van der Waals surface area contributed by atoms with Gasteiger partial charge in [-0.2, -0.15) is 0 Å². The second kappa shape index (κ2) is 13.1. The highest BCUT2D eigenvalue weighted by atomic mass is 35.5. The first kappa shape index (κ1) is 33.4. The zero-order valence-electron chi connectivity index (χ0n) is 28.1. The van der Waals surface area contributed by atoms with Crippen LogP contribution in [0.3, 0.4) is 0 Å². The third-order valence-corrected chi connectivity index (χ3v) is 11.4. The Balaban J connectivity index is 1.03. The summed E-state index contributed by atoms with van der Waals surface area (Å²) in [6, 6.07) is 18.8. The van der Waals surface area contributed by atoms with E-state index in [1.165, 1.54) is 18.5 Å². The maximum Gasteiger partial charge on any atom is 0.251 e. The maximum atomic E-state index is 13.9. The summed E-state index contributed by atoms with van der Waals surface area (Å²) < 4.78 is 33.5. The number of benzene rings is 3. The van der Waals surface area contributed by atoms with Crippen LogP contribution in [0.2, 0.25) is 5.02 Å². The lowest BCUT2D eigenvalue weighted by atomic mass is 9.58. The number of amides is 1. The summed E-state index contributed by atoms with van der Waals surface area (Å²) in [7, 11) is 0. The normalized spacial score (nSPS) is 32.2. The predicted molar refractivity (Wildman–Crippen MR) is 184 cm³/mol. The van der Waals surface area contributed by atoms with Crippen molar-refractivity contribution in [2.24, 2.45) is 23.7 Å². The minimum absolute atomic E-state index is 0.00886. The van der Waals surface area contributed by atoms with Crippen molar-refractivity contribution < 1.29 is 33.2 Å². The largest absolute Gasteiger partial charge is 0.350 e. The molecule has 5 fully saturated rings. The molecule has 262 valence electrons. The second-order valence-electron chi connectivity index (χ2n) is 14.3. The molecule has 1 aromatic heterocycles. The van der Waals surface area contributed by atoms with Crippen molar-refractivity contribution in [3.05, 3.63) is 95.0 Å². The Kier molecular flexibility index (Phi) is 8.77. The molecule has 1 amide bonds. The number of hydrogen-bond acceptors (Lipinski definition) is 9. The number of carbonyl (C=O) groups is 1. The molecule has 4 aromatic rings. The average Bonchev–Trinajstić information content (AvgIpc) is 3.36. The molecule has 5 heterocycles.